The topological polar surface area (TPSA) is 87.7 Å². The van der Waals surface area contributed by atoms with Crippen molar-refractivity contribution in [3.05, 3.63) is 28.2 Å². The molecule has 0 saturated carbocycles. The Balaban J connectivity index is 2.39. The summed E-state index contributed by atoms with van der Waals surface area (Å²) in [5.41, 5.74) is -0.311. The van der Waals surface area contributed by atoms with Crippen molar-refractivity contribution in [2.24, 2.45) is 0 Å². The first-order chi connectivity index (χ1) is 9.40. The number of rotatable bonds is 6. The van der Waals surface area contributed by atoms with Crippen molar-refractivity contribution < 1.29 is 28.2 Å². The van der Waals surface area contributed by atoms with Crippen LogP contribution in [0.1, 0.15) is 0 Å². The molecule has 0 radical (unpaired) electrons. The highest BCUT2D eigenvalue weighted by molar-refractivity contribution is 9.10. The van der Waals surface area contributed by atoms with Gasteiger partial charge in [0.15, 0.2) is 0 Å². The van der Waals surface area contributed by atoms with Crippen LogP contribution in [0.25, 0.3) is 0 Å². The van der Waals surface area contributed by atoms with E-state index in [0.717, 1.165) is 12.1 Å². The molecule has 0 aliphatic heterocycles. The van der Waals surface area contributed by atoms with Crippen LogP contribution >= 0.6 is 15.9 Å². The molecule has 3 N–H and O–H groups in total. The van der Waals surface area contributed by atoms with E-state index in [1.807, 2.05) is 0 Å². The Hall–Kier alpha value is -1.74. The Labute approximate surface area is 121 Å². The molecule has 0 aliphatic carbocycles. The van der Waals surface area contributed by atoms with Crippen molar-refractivity contribution in [3.8, 4) is 0 Å². The predicted octanol–water partition coefficient (Wildman–Crippen LogP) is 1.95. The highest BCUT2D eigenvalue weighted by atomic mass is 79.9. The van der Waals surface area contributed by atoms with Crippen molar-refractivity contribution in [3.63, 3.8) is 0 Å². The van der Waals surface area contributed by atoms with Crippen LogP contribution in [0, 0.1) is 11.6 Å². The Morgan fingerprint density at radius 3 is 2.65 bits per heavy atom. The van der Waals surface area contributed by atoms with Crippen LogP contribution in [-0.4, -0.2) is 36.9 Å². The molecule has 0 spiro atoms. The van der Waals surface area contributed by atoms with E-state index in [0.29, 0.717) is 0 Å². The molecule has 20 heavy (non-hydrogen) atoms. The number of carboxylic acids is 1. The third kappa shape index (κ3) is 5.49. The summed E-state index contributed by atoms with van der Waals surface area (Å²) < 4.78 is 31.2. The highest BCUT2D eigenvalue weighted by Crippen LogP contribution is 2.23. The molecule has 0 fully saturated rings. The molecule has 0 heterocycles. The number of anilines is 1. The lowest BCUT2D eigenvalue weighted by Gasteiger charge is -2.09. The fraction of sp³-hybridized carbons (Fsp3) is 0.273. The first-order valence-electron chi connectivity index (χ1n) is 5.39. The maximum absolute atomic E-state index is 13.4. The number of carboxylic acid groups (broad SMARTS) is 1. The first-order valence-corrected chi connectivity index (χ1v) is 6.18. The van der Waals surface area contributed by atoms with Crippen LogP contribution in [0.5, 0.6) is 0 Å². The third-order valence-corrected chi connectivity index (χ3v) is 2.62. The summed E-state index contributed by atoms with van der Waals surface area (Å²) >= 11 is 2.81. The van der Waals surface area contributed by atoms with Gasteiger partial charge in [-0.3, -0.25) is 0 Å². The second-order valence-electron chi connectivity index (χ2n) is 3.57. The number of hydrogen-bond donors (Lipinski definition) is 3. The minimum Gasteiger partial charge on any atom is -0.480 e. The zero-order valence-electron chi connectivity index (χ0n) is 10.1. The average Bonchev–Trinajstić information content (AvgIpc) is 2.35. The van der Waals surface area contributed by atoms with Gasteiger partial charge in [-0.15, -0.1) is 0 Å². The van der Waals surface area contributed by atoms with E-state index in [-0.39, 0.29) is 23.3 Å². The van der Waals surface area contributed by atoms with Gasteiger partial charge >= 0.3 is 12.0 Å². The van der Waals surface area contributed by atoms with Gasteiger partial charge in [0.25, 0.3) is 0 Å². The summed E-state index contributed by atoms with van der Waals surface area (Å²) in [6, 6.07) is 0.963. The third-order valence-electron chi connectivity index (χ3n) is 2.02. The maximum atomic E-state index is 13.4. The van der Waals surface area contributed by atoms with Crippen molar-refractivity contribution in [1.82, 2.24) is 5.32 Å². The van der Waals surface area contributed by atoms with Crippen molar-refractivity contribution in [2.75, 3.05) is 25.1 Å². The Bertz CT molecular complexity index is 513. The largest absolute Gasteiger partial charge is 0.480 e. The zero-order valence-corrected chi connectivity index (χ0v) is 11.7. The van der Waals surface area contributed by atoms with Crippen LogP contribution < -0.4 is 10.6 Å². The number of carbonyl (C=O) groups excluding carboxylic acids is 1. The standard InChI is InChI=1S/C11H11BrF2N2O4/c12-6-3-8(14)9(4-7(6)13)16-11(19)15-1-2-20-5-10(17)18/h3-4H,1-2,5H2,(H,17,18)(H2,15,16,19). The molecule has 1 aromatic rings. The lowest BCUT2D eigenvalue weighted by atomic mass is 10.3. The highest BCUT2D eigenvalue weighted by Gasteiger charge is 2.10. The fourth-order valence-electron chi connectivity index (χ4n) is 1.18. The fourth-order valence-corrected chi connectivity index (χ4v) is 1.50. The predicted molar refractivity (Wildman–Crippen MR) is 69.5 cm³/mol. The molecule has 0 aromatic heterocycles. The van der Waals surface area contributed by atoms with Gasteiger partial charge in [0.1, 0.15) is 18.2 Å². The Morgan fingerprint density at radius 2 is 2.00 bits per heavy atom. The molecule has 1 aromatic carbocycles. The van der Waals surface area contributed by atoms with E-state index in [9.17, 15) is 18.4 Å². The van der Waals surface area contributed by atoms with E-state index in [1.165, 1.54) is 0 Å². The molecule has 9 heteroatoms. The molecule has 2 amide bonds. The Morgan fingerprint density at radius 1 is 1.30 bits per heavy atom. The van der Waals surface area contributed by atoms with Crippen LogP contribution in [0.4, 0.5) is 19.3 Å². The zero-order chi connectivity index (χ0) is 15.1. The van der Waals surface area contributed by atoms with Crippen molar-refractivity contribution in [2.45, 2.75) is 0 Å². The van der Waals surface area contributed by atoms with E-state index in [2.05, 4.69) is 31.3 Å². The summed E-state index contributed by atoms with van der Waals surface area (Å²) in [7, 11) is 0. The molecule has 0 atom stereocenters. The molecule has 6 nitrogen and oxygen atoms in total. The van der Waals surface area contributed by atoms with Gasteiger partial charge in [0.2, 0.25) is 0 Å². The number of hydrogen-bond acceptors (Lipinski definition) is 3. The molecule has 0 unspecified atom stereocenters. The summed E-state index contributed by atoms with van der Waals surface area (Å²) in [5, 5.41) is 12.7. The van der Waals surface area contributed by atoms with Gasteiger partial charge in [0.05, 0.1) is 16.8 Å². The number of benzene rings is 1. The van der Waals surface area contributed by atoms with Gasteiger partial charge in [0, 0.05) is 12.6 Å². The monoisotopic (exact) mass is 352 g/mol. The smallest absolute Gasteiger partial charge is 0.329 e. The molecular weight excluding hydrogens is 342 g/mol. The molecule has 0 saturated heterocycles. The van der Waals surface area contributed by atoms with Crippen LogP contribution in [-0.2, 0) is 9.53 Å². The van der Waals surface area contributed by atoms with Gasteiger partial charge in [-0.2, -0.15) is 0 Å². The second kappa shape index (κ2) is 7.75. The number of urea groups is 1. The van der Waals surface area contributed by atoms with E-state index >= 15 is 0 Å². The molecule has 0 bridgehead atoms. The maximum Gasteiger partial charge on any atom is 0.329 e. The summed E-state index contributed by atoms with van der Waals surface area (Å²) in [5.74, 6) is -2.64. The number of nitrogens with one attached hydrogen (secondary N) is 2. The lowest BCUT2D eigenvalue weighted by molar-refractivity contribution is -0.142. The summed E-state index contributed by atoms with van der Waals surface area (Å²) in [4.78, 5) is 21.5. The number of amides is 2. The minimum atomic E-state index is -1.12. The van der Waals surface area contributed by atoms with E-state index < -0.39 is 30.2 Å². The number of carbonyl (C=O) groups is 2. The molecule has 0 aliphatic rings. The van der Waals surface area contributed by atoms with Crippen molar-refractivity contribution in [1.29, 1.82) is 0 Å². The average molecular weight is 353 g/mol. The Kier molecular flexibility index (Phi) is 6.32. The van der Waals surface area contributed by atoms with Gasteiger partial charge < -0.3 is 20.5 Å². The van der Waals surface area contributed by atoms with E-state index in [1.54, 1.807) is 0 Å². The minimum absolute atomic E-state index is 0.0170. The second-order valence-corrected chi connectivity index (χ2v) is 4.43. The normalized spacial score (nSPS) is 10.2. The number of halogens is 3. The van der Waals surface area contributed by atoms with Crippen LogP contribution in [0.15, 0.2) is 16.6 Å². The van der Waals surface area contributed by atoms with Crippen molar-refractivity contribution >= 4 is 33.6 Å². The van der Waals surface area contributed by atoms with Gasteiger partial charge in [-0.05, 0) is 22.0 Å². The quantitative estimate of drug-likeness (QED) is 0.539. The molecule has 1 rings (SSSR count). The summed E-state index contributed by atoms with van der Waals surface area (Å²) in [6.07, 6.45) is 0. The van der Waals surface area contributed by atoms with E-state index in [4.69, 9.17) is 5.11 Å². The summed E-state index contributed by atoms with van der Waals surface area (Å²) in [6.45, 7) is -0.466. The molecule has 110 valence electrons. The van der Waals surface area contributed by atoms with Crippen LogP contribution in [0.3, 0.4) is 0 Å². The van der Waals surface area contributed by atoms with Gasteiger partial charge in [-0.25, -0.2) is 18.4 Å². The lowest BCUT2D eigenvalue weighted by Crippen LogP contribution is -2.32. The van der Waals surface area contributed by atoms with Gasteiger partial charge in [-0.1, -0.05) is 0 Å². The SMILES string of the molecule is O=C(O)COCCNC(=O)Nc1cc(F)c(Br)cc1F. The van der Waals surface area contributed by atoms with Crippen LogP contribution in [0.2, 0.25) is 0 Å². The number of ether oxygens (including phenoxy) is 1. The number of aliphatic carboxylic acids is 1. The molecular formula is C11H11BrF2N2O4. The first kappa shape index (κ1) is 16.3.